The summed E-state index contributed by atoms with van der Waals surface area (Å²) in [6.07, 6.45) is 0. The Balaban J connectivity index is 1.89. The van der Waals surface area contributed by atoms with Gasteiger partial charge in [-0.1, -0.05) is 41.4 Å². The van der Waals surface area contributed by atoms with Crippen LogP contribution in [0.5, 0.6) is 0 Å². The Morgan fingerprint density at radius 2 is 1.44 bits per heavy atom. The number of hydrazine groups is 1. The molecule has 0 saturated heterocycles. The van der Waals surface area contributed by atoms with Crippen molar-refractivity contribution < 1.29 is 19.3 Å². The molecule has 1 heterocycles. The number of nitro groups is 1. The Morgan fingerprint density at radius 1 is 0.889 bits per heavy atom. The van der Waals surface area contributed by atoms with Crippen molar-refractivity contribution in [2.45, 2.75) is 6.54 Å². The monoisotopic (exact) mass is 781 g/mol. The predicted molar refractivity (Wildman–Crippen MR) is 147 cm³/mol. The van der Waals surface area contributed by atoms with Crippen molar-refractivity contribution in [3.63, 3.8) is 0 Å². The van der Waals surface area contributed by atoms with E-state index in [0.29, 0.717) is 28.5 Å². The van der Waals surface area contributed by atoms with Crippen LogP contribution in [0.3, 0.4) is 0 Å². The summed E-state index contributed by atoms with van der Waals surface area (Å²) in [5.74, 6) is -2.54. The second kappa shape index (κ2) is 10.5. The molecule has 0 fully saturated rings. The number of halogens is 6. The summed E-state index contributed by atoms with van der Waals surface area (Å²) >= 11 is 25.5. The first-order valence-electron chi connectivity index (χ1n) is 9.69. The summed E-state index contributed by atoms with van der Waals surface area (Å²) in [5.41, 5.74) is -0.341. The molecule has 0 atom stereocenters. The second-order valence-electron chi connectivity index (χ2n) is 7.31. The molecule has 3 aromatic rings. The van der Waals surface area contributed by atoms with Crippen LogP contribution in [0.25, 0.3) is 0 Å². The molecular weight excluding hydrogens is 777 g/mol. The van der Waals surface area contributed by atoms with Gasteiger partial charge < -0.3 is 0 Å². The fourth-order valence-electron chi connectivity index (χ4n) is 3.55. The van der Waals surface area contributed by atoms with Crippen LogP contribution in [0.15, 0.2) is 60.4 Å². The number of carbonyl (C=O) groups excluding carboxylic acids is 3. The molecule has 184 valence electrons. The lowest BCUT2D eigenvalue weighted by molar-refractivity contribution is -0.385. The highest BCUT2D eigenvalue weighted by molar-refractivity contribution is 9.15. The number of hydrogen-bond acceptors (Lipinski definition) is 5. The highest BCUT2D eigenvalue weighted by Gasteiger charge is 2.46. The average Bonchev–Trinajstić information content (AvgIpc) is 3.11. The van der Waals surface area contributed by atoms with Gasteiger partial charge in [-0.25, -0.2) is 5.01 Å². The zero-order chi connectivity index (χ0) is 26.5. The van der Waals surface area contributed by atoms with Crippen LogP contribution < -0.4 is 0 Å². The third-order valence-electron chi connectivity index (χ3n) is 5.20. The van der Waals surface area contributed by atoms with E-state index in [4.69, 9.17) is 23.2 Å². The lowest BCUT2D eigenvalue weighted by Crippen LogP contribution is -2.49. The van der Waals surface area contributed by atoms with Crippen LogP contribution in [-0.4, -0.2) is 32.7 Å². The van der Waals surface area contributed by atoms with Crippen LogP contribution in [0.1, 0.15) is 36.6 Å². The maximum absolute atomic E-state index is 13.7. The van der Waals surface area contributed by atoms with Gasteiger partial charge in [-0.15, -0.1) is 0 Å². The van der Waals surface area contributed by atoms with Crippen molar-refractivity contribution in [1.82, 2.24) is 10.0 Å². The number of nitrogens with zero attached hydrogens (tertiary/aromatic N) is 3. The summed E-state index contributed by atoms with van der Waals surface area (Å²) in [4.78, 5) is 51.8. The largest absolute Gasteiger partial charge is 0.282 e. The normalized spacial score (nSPS) is 12.7. The van der Waals surface area contributed by atoms with Crippen molar-refractivity contribution in [2.24, 2.45) is 0 Å². The number of rotatable bonds is 5. The van der Waals surface area contributed by atoms with E-state index in [2.05, 4.69) is 63.7 Å². The van der Waals surface area contributed by atoms with Crippen LogP contribution in [-0.2, 0) is 6.54 Å². The van der Waals surface area contributed by atoms with Crippen LogP contribution >= 0.6 is 86.9 Å². The minimum atomic E-state index is -0.937. The van der Waals surface area contributed by atoms with E-state index < -0.39 is 28.3 Å². The summed E-state index contributed by atoms with van der Waals surface area (Å²) < 4.78 is 1.52. The van der Waals surface area contributed by atoms with E-state index in [9.17, 15) is 24.5 Å². The average molecular weight is 786 g/mol. The Morgan fingerprint density at radius 3 is 1.97 bits per heavy atom. The van der Waals surface area contributed by atoms with Crippen molar-refractivity contribution in [1.29, 1.82) is 0 Å². The van der Waals surface area contributed by atoms with Crippen LogP contribution in [0.2, 0.25) is 10.0 Å². The zero-order valence-corrected chi connectivity index (χ0v) is 25.3. The molecule has 0 aliphatic carbocycles. The maximum atomic E-state index is 13.7. The van der Waals surface area contributed by atoms with Crippen LogP contribution in [0.4, 0.5) is 5.69 Å². The van der Waals surface area contributed by atoms with E-state index in [1.807, 2.05) is 0 Å². The van der Waals surface area contributed by atoms with E-state index in [1.54, 1.807) is 6.07 Å². The highest BCUT2D eigenvalue weighted by Crippen LogP contribution is 2.46. The van der Waals surface area contributed by atoms with Crippen LogP contribution in [0, 0.1) is 10.1 Å². The SMILES string of the molecule is O=C(c1ccccc1[N+](=O)[O-])N(Cc1ccc(Cl)c(Cl)c1)N1C(=O)c2c(Br)c(Br)c(Br)c(Br)c2C1=O. The molecule has 3 aromatic carbocycles. The molecule has 8 nitrogen and oxygen atoms in total. The third kappa shape index (κ3) is 4.63. The first-order valence-corrected chi connectivity index (χ1v) is 13.6. The van der Waals surface area contributed by atoms with E-state index in [1.165, 1.54) is 30.3 Å². The van der Waals surface area contributed by atoms with E-state index in [0.717, 1.165) is 11.1 Å². The molecule has 0 N–H and O–H groups in total. The fraction of sp³-hybridized carbons (Fsp3) is 0.0455. The number of carbonyl (C=O) groups is 3. The molecule has 4 rings (SSSR count). The number of imide groups is 1. The topological polar surface area (TPSA) is 101 Å². The van der Waals surface area contributed by atoms with Crippen molar-refractivity contribution >= 4 is 110 Å². The quantitative estimate of drug-likeness (QED) is 0.0865. The highest BCUT2D eigenvalue weighted by atomic mass is 79.9. The van der Waals surface area contributed by atoms with Gasteiger partial charge in [-0.3, -0.25) is 24.5 Å². The molecule has 0 unspecified atom stereocenters. The summed E-state index contributed by atoms with van der Waals surface area (Å²) in [6.45, 7) is -0.315. The van der Waals surface area contributed by atoms with Crippen molar-refractivity contribution in [2.75, 3.05) is 0 Å². The summed E-state index contributed by atoms with van der Waals surface area (Å²) in [6, 6.07) is 9.79. The minimum Gasteiger partial charge on any atom is -0.267 e. The maximum Gasteiger partial charge on any atom is 0.282 e. The number of hydrogen-bond donors (Lipinski definition) is 0. The first-order chi connectivity index (χ1) is 17.0. The minimum absolute atomic E-state index is 0.0106. The smallest absolute Gasteiger partial charge is 0.267 e. The fourth-order valence-corrected chi connectivity index (χ4v) is 6.33. The van der Waals surface area contributed by atoms with Crippen molar-refractivity contribution in [3.05, 3.63) is 103 Å². The Bertz CT molecular complexity index is 1450. The first kappa shape index (κ1) is 27.2. The van der Waals surface area contributed by atoms with Gasteiger partial charge in [0.05, 0.1) is 32.6 Å². The van der Waals surface area contributed by atoms with Gasteiger partial charge in [0.15, 0.2) is 0 Å². The summed E-state index contributed by atoms with van der Waals surface area (Å²) in [7, 11) is 0. The number of amides is 3. The Labute approximate surface area is 247 Å². The Hall–Kier alpha value is -1.83. The number of fused-ring (bicyclic) bond motifs is 1. The molecule has 3 amide bonds. The molecule has 0 saturated carbocycles. The number of nitro benzene ring substituents is 1. The zero-order valence-electron chi connectivity index (χ0n) is 17.4. The van der Waals surface area contributed by atoms with E-state index in [-0.39, 0.29) is 33.3 Å². The van der Waals surface area contributed by atoms with Gasteiger partial charge >= 0.3 is 0 Å². The van der Waals surface area contributed by atoms with Gasteiger partial charge in [0.1, 0.15) is 5.56 Å². The molecule has 0 radical (unpaired) electrons. The molecule has 0 spiro atoms. The third-order valence-corrected chi connectivity index (χ3v) is 10.7. The number of benzene rings is 3. The van der Waals surface area contributed by atoms with Gasteiger partial charge in [0, 0.05) is 24.0 Å². The standard InChI is InChI=1S/C22H9Br4Cl2N3O5/c23-16-14-15(17(24)19(26)18(16)25)22(34)30(21(14)33)29(8-9-5-6-11(27)12(28)7-9)20(32)10-3-1-2-4-13(10)31(35)36/h1-7H,8H2. The van der Waals surface area contributed by atoms with E-state index >= 15 is 0 Å². The molecule has 1 aliphatic rings. The molecule has 36 heavy (non-hydrogen) atoms. The van der Waals surface area contributed by atoms with Gasteiger partial charge in [-0.05, 0) is 87.5 Å². The van der Waals surface area contributed by atoms with Crippen molar-refractivity contribution in [3.8, 4) is 0 Å². The number of para-hydroxylation sites is 1. The lowest BCUT2D eigenvalue weighted by Gasteiger charge is -2.30. The lowest BCUT2D eigenvalue weighted by atomic mass is 10.1. The molecule has 1 aliphatic heterocycles. The predicted octanol–water partition coefficient (Wildman–Crippen LogP) is 7.81. The molecule has 14 heteroatoms. The van der Waals surface area contributed by atoms with Gasteiger partial charge in [0.2, 0.25) is 0 Å². The van der Waals surface area contributed by atoms with Gasteiger partial charge in [-0.2, -0.15) is 5.01 Å². The molecule has 0 aromatic heterocycles. The Kier molecular flexibility index (Phi) is 7.94. The van der Waals surface area contributed by atoms with Gasteiger partial charge in [0.25, 0.3) is 23.4 Å². The molecular formula is C22H9Br4Cl2N3O5. The molecule has 0 bridgehead atoms. The summed E-state index contributed by atoms with van der Waals surface area (Å²) in [5, 5.41) is 13.6. The second-order valence-corrected chi connectivity index (χ2v) is 11.3.